The highest BCUT2D eigenvalue weighted by molar-refractivity contribution is 5.83. The van der Waals surface area contributed by atoms with Gasteiger partial charge in [0, 0.05) is 5.92 Å². The fraction of sp³-hybridized carbons (Fsp3) is 0.462. The second-order valence-corrected chi connectivity index (χ2v) is 4.43. The second kappa shape index (κ2) is 5.29. The van der Waals surface area contributed by atoms with Gasteiger partial charge in [-0.15, -0.1) is 0 Å². The van der Waals surface area contributed by atoms with Crippen molar-refractivity contribution in [2.75, 3.05) is 13.2 Å². The smallest absolute Gasteiger partial charge is 0.224 e. The predicted molar refractivity (Wildman–Crippen MR) is 63.4 cm³/mol. The van der Waals surface area contributed by atoms with Crippen molar-refractivity contribution in [2.45, 2.75) is 18.4 Å². The first-order valence-corrected chi connectivity index (χ1v) is 5.83. The lowest BCUT2D eigenvalue weighted by Gasteiger charge is -2.13. The van der Waals surface area contributed by atoms with Gasteiger partial charge in [-0.1, -0.05) is 30.3 Å². The minimum atomic E-state index is -0.542. The summed E-state index contributed by atoms with van der Waals surface area (Å²) in [6.45, 7) is -0.462. The van der Waals surface area contributed by atoms with E-state index in [1.165, 1.54) is 5.56 Å². The van der Waals surface area contributed by atoms with Gasteiger partial charge in [-0.2, -0.15) is 0 Å². The SMILES string of the molecule is O=C(NC(CO)CO)C1CC1c1ccccc1. The van der Waals surface area contributed by atoms with E-state index in [-0.39, 0.29) is 31.0 Å². The fourth-order valence-corrected chi connectivity index (χ4v) is 2.01. The van der Waals surface area contributed by atoms with Crippen molar-refractivity contribution in [1.82, 2.24) is 5.32 Å². The Morgan fingerprint density at radius 1 is 1.29 bits per heavy atom. The van der Waals surface area contributed by atoms with Crippen LogP contribution in [0.15, 0.2) is 30.3 Å². The normalized spacial score (nSPS) is 22.5. The van der Waals surface area contributed by atoms with E-state index < -0.39 is 6.04 Å². The van der Waals surface area contributed by atoms with Crippen LogP contribution in [0.2, 0.25) is 0 Å². The van der Waals surface area contributed by atoms with Crippen molar-refractivity contribution >= 4 is 5.91 Å². The molecule has 17 heavy (non-hydrogen) atoms. The summed E-state index contributed by atoms with van der Waals surface area (Å²) in [5.41, 5.74) is 1.18. The molecular weight excluding hydrogens is 218 g/mol. The van der Waals surface area contributed by atoms with Gasteiger partial charge in [-0.25, -0.2) is 0 Å². The number of benzene rings is 1. The molecule has 2 unspecified atom stereocenters. The zero-order chi connectivity index (χ0) is 12.3. The summed E-state index contributed by atoms with van der Waals surface area (Å²) in [4.78, 5) is 11.8. The first-order valence-electron chi connectivity index (χ1n) is 5.83. The van der Waals surface area contributed by atoms with E-state index in [9.17, 15) is 4.79 Å². The molecule has 1 aliphatic rings. The summed E-state index contributed by atoms with van der Waals surface area (Å²) in [5, 5.41) is 20.4. The summed E-state index contributed by atoms with van der Waals surface area (Å²) in [7, 11) is 0. The number of hydrogen-bond donors (Lipinski definition) is 3. The zero-order valence-corrected chi connectivity index (χ0v) is 9.54. The highest BCUT2D eigenvalue weighted by Gasteiger charge is 2.44. The van der Waals surface area contributed by atoms with Crippen LogP contribution in [0.3, 0.4) is 0 Å². The largest absolute Gasteiger partial charge is 0.394 e. The maximum absolute atomic E-state index is 11.8. The number of hydrogen-bond acceptors (Lipinski definition) is 3. The van der Waals surface area contributed by atoms with Crippen LogP contribution in [0.4, 0.5) is 0 Å². The van der Waals surface area contributed by atoms with Crippen molar-refractivity contribution < 1.29 is 15.0 Å². The lowest BCUT2D eigenvalue weighted by atomic mass is 10.1. The molecule has 4 heteroatoms. The van der Waals surface area contributed by atoms with E-state index in [4.69, 9.17) is 10.2 Å². The van der Waals surface area contributed by atoms with Gasteiger partial charge in [0.25, 0.3) is 0 Å². The van der Waals surface area contributed by atoms with E-state index in [1.807, 2.05) is 30.3 Å². The van der Waals surface area contributed by atoms with E-state index in [0.717, 1.165) is 6.42 Å². The van der Waals surface area contributed by atoms with Crippen LogP contribution in [0, 0.1) is 5.92 Å². The summed E-state index contributed by atoms with van der Waals surface area (Å²) in [6.07, 6.45) is 0.847. The summed E-state index contributed by atoms with van der Waals surface area (Å²) in [6, 6.07) is 9.38. The van der Waals surface area contributed by atoms with E-state index in [2.05, 4.69) is 5.32 Å². The maximum atomic E-state index is 11.8. The molecule has 0 radical (unpaired) electrons. The molecule has 1 aromatic carbocycles. The van der Waals surface area contributed by atoms with Gasteiger partial charge in [0.15, 0.2) is 0 Å². The molecule has 0 spiro atoms. The average Bonchev–Trinajstić information content (AvgIpc) is 3.17. The molecular formula is C13H17NO3. The van der Waals surface area contributed by atoms with Gasteiger partial charge < -0.3 is 15.5 Å². The number of aliphatic hydroxyl groups excluding tert-OH is 2. The Kier molecular flexibility index (Phi) is 3.76. The van der Waals surface area contributed by atoms with Crippen molar-refractivity contribution in [2.24, 2.45) is 5.92 Å². The van der Waals surface area contributed by atoms with Crippen LogP contribution in [0.1, 0.15) is 17.9 Å². The van der Waals surface area contributed by atoms with Gasteiger partial charge >= 0.3 is 0 Å². The van der Waals surface area contributed by atoms with Gasteiger partial charge in [-0.05, 0) is 17.9 Å². The highest BCUT2D eigenvalue weighted by atomic mass is 16.3. The second-order valence-electron chi connectivity index (χ2n) is 4.43. The Morgan fingerprint density at radius 2 is 1.94 bits per heavy atom. The lowest BCUT2D eigenvalue weighted by molar-refractivity contribution is -0.123. The van der Waals surface area contributed by atoms with Crippen LogP contribution in [0.25, 0.3) is 0 Å². The Labute approximate surface area is 100 Å². The Bertz CT molecular complexity index is 376. The van der Waals surface area contributed by atoms with Gasteiger partial charge in [0.2, 0.25) is 5.91 Å². The number of nitrogens with one attached hydrogen (secondary N) is 1. The molecule has 3 N–H and O–H groups in total. The summed E-state index contributed by atoms with van der Waals surface area (Å²) in [5.74, 6) is 0.194. The van der Waals surface area contributed by atoms with Crippen LogP contribution in [-0.4, -0.2) is 35.4 Å². The lowest BCUT2D eigenvalue weighted by Crippen LogP contribution is -2.41. The standard InChI is InChI=1S/C13H17NO3/c15-7-10(8-16)14-13(17)12-6-11(12)9-4-2-1-3-5-9/h1-5,10-12,15-16H,6-8H2,(H,14,17). The Morgan fingerprint density at radius 3 is 2.53 bits per heavy atom. The number of rotatable bonds is 5. The van der Waals surface area contributed by atoms with Crippen molar-refractivity contribution in [3.05, 3.63) is 35.9 Å². The molecule has 0 aliphatic heterocycles. The van der Waals surface area contributed by atoms with Crippen LogP contribution in [-0.2, 0) is 4.79 Å². The molecule has 2 rings (SSSR count). The van der Waals surface area contributed by atoms with E-state index >= 15 is 0 Å². The van der Waals surface area contributed by atoms with Gasteiger partial charge in [0.05, 0.1) is 19.3 Å². The minimum Gasteiger partial charge on any atom is -0.394 e. The first kappa shape index (κ1) is 12.1. The minimum absolute atomic E-state index is 0.0157. The topological polar surface area (TPSA) is 69.6 Å². The third-order valence-electron chi connectivity index (χ3n) is 3.14. The molecule has 92 valence electrons. The predicted octanol–water partition coefficient (Wildman–Crippen LogP) is 0.259. The quantitative estimate of drug-likeness (QED) is 0.685. The fourth-order valence-electron chi connectivity index (χ4n) is 2.01. The van der Waals surface area contributed by atoms with Crippen LogP contribution >= 0.6 is 0 Å². The number of amides is 1. The molecule has 1 fully saturated rings. The number of carbonyl (C=O) groups excluding carboxylic acids is 1. The third-order valence-corrected chi connectivity index (χ3v) is 3.14. The number of carbonyl (C=O) groups is 1. The van der Waals surface area contributed by atoms with Crippen LogP contribution < -0.4 is 5.32 Å². The molecule has 0 heterocycles. The van der Waals surface area contributed by atoms with Crippen molar-refractivity contribution in [1.29, 1.82) is 0 Å². The van der Waals surface area contributed by atoms with E-state index in [1.54, 1.807) is 0 Å². The zero-order valence-electron chi connectivity index (χ0n) is 9.54. The summed E-state index contributed by atoms with van der Waals surface area (Å²) < 4.78 is 0. The molecule has 1 amide bonds. The third kappa shape index (κ3) is 2.84. The summed E-state index contributed by atoms with van der Waals surface area (Å²) >= 11 is 0. The van der Waals surface area contributed by atoms with Crippen LogP contribution in [0.5, 0.6) is 0 Å². The Hall–Kier alpha value is -1.39. The Balaban J connectivity index is 1.88. The number of aliphatic hydroxyl groups is 2. The molecule has 1 aliphatic carbocycles. The first-order chi connectivity index (χ1) is 8.26. The van der Waals surface area contributed by atoms with Gasteiger partial charge in [0.1, 0.15) is 0 Å². The molecule has 2 atom stereocenters. The average molecular weight is 235 g/mol. The van der Waals surface area contributed by atoms with Crippen molar-refractivity contribution in [3.63, 3.8) is 0 Å². The van der Waals surface area contributed by atoms with E-state index in [0.29, 0.717) is 0 Å². The molecule has 4 nitrogen and oxygen atoms in total. The highest BCUT2D eigenvalue weighted by Crippen LogP contribution is 2.47. The molecule has 1 aromatic rings. The molecule has 0 bridgehead atoms. The maximum Gasteiger partial charge on any atom is 0.224 e. The molecule has 0 aromatic heterocycles. The molecule has 0 saturated heterocycles. The monoisotopic (exact) mass is 235 g/mol. The van der Waals surface area contributed by atoms with Crippen molar-refractivity contribution in [3.8, 4) is 0 Å². The van der Waals surface area contributed by atoms with Gasteiger partial charge in [-0.3, -0.25) is 4.79 Å². The molecule has 1 saturated carbocycles.